The van der Waals surface area contributed by atoms with Crippen molar-refractivity contribution in [3.05, 3.63) is 65.9 Å². The van der Waals surface area contributed by atoms with E-state index in [1.165, 1.54) is 29.4 Å². The van der Waals surface area contributed by atoms with Crippen LogP contribution in [0.3, 0.4) is 0 Å². The largest absolute Gasteiger partial charge is 0.497 e. The molecular formula is C23H26N2O2. The highest BCUT2D eigenvalue weighted by molar-refractivity contribution is 5.83. The summed E-state index contributed by atoms with van der Waals surface area (Å²) in [6.45, 7) is 0.667. The van der Waals surface area contributed by atoms with Crippen LogP contribution in [0.2, 0.25) is 0 Å². The van der Waals surface area contributed by atoms with Gasteiger partial charge in [-0.3, -0.25) is 4.79 Å². The maximum absolute atomic E-state index is 12.5. The van der Waals surface area contributed by atoms with Gasteiger partial charge in [-0.15, -0.1) is 0 Å². The maximum atomic E-state index is 12.5. The highest BCUT2D eigenvalue weighted by atomic mass is 16.5. The number of nitrogens with one attached hydrogen (secondary N) is 2. The molecule has 0 bridgehead atoms. The van der Waals surface area contributed by atoms with Crippen LogP contribution >= 0.6 is 0 Å². The molecule has 4 nitrogen and oxygen atoms in total. The Labute approximate surface area is 159 Å². The molecule has 0 saturated heterocycles. The zero-order valence-electron chi connectivity index (χ0n) is 15.7. The number of H-pyrrole nitrogens is 1. The van der Waals surface area contributed by atoms with E-state index in [4.69, 9.17) is 4.74 Å². The lowest BCUT2D eigenvalue weighted by Crippen LogP contribution is -2.27. The van der Waals surface area contributed by atoms with Gasteiger partial charge in [-0.25, -0.2) is 0 Å². The van der Waals surface area contributed by atoms with Crippen molar-refractivity contribution in [1.82, 2.24) is 10.3 Å². The van der Waals surface area contributed by atoms with E-state index in [9.17, 15) is 4.79 Å². The Balaban J connectivity index is 1.33. The monoisotopic (exact) mass is 362 g/mol. The van der Waals surface area contributed by atoms with E-state index in [1.807, 2.05) is 30.5 Å². The van der Waals surface area contributed by atoms with Crippen LogP contribution in [0, 0.1) is 5.92 Å². The molecule has 1 saturated carbocycles. The smallest absolute Gasteiger partial charge is 0.220 e. The number of amides is 1. The summed E-state index contributed by atoms with van der Waals surface area (Å²) in [5.74, 6) is 1.95. The predicted molar refractivity (Wildman–Crippen MR) is 108 cm³/mol. The van der Waals surface area contributed by atoms with Crippen LogP contribution in [0.1, 0.15) is 36.3 Å². The van der Waals surface area contributed by atoms with Gasteiger partial charge in [-0.2, -0.15) is 0 Å². The fourth-order valence-electron chi connectivity index (χ4n) is 3.85. The van der Waals surface area contributed by atoms with Gasteiger partial charge in [-0.05, 0) is 60.4 Å². The minimum Gasteiger partial charge on any atom is -0.497 e. The van der Waals surface area contributed by atoms with Gasteiger partial charge >= 0.3 is 0 Å². The number of hydrogen-bond acceptors (Lipinski definition) is 2. The zero-order valence-corrected chi connectivity index (χ0v) is 15.7. The molecule has 1 heterocycles. The molecule has 1 aliphatic rings. The van der Waals surface area contributed by atoms with E-state index in [2.05, 4.69) is 34.6 Å². The summed E-state index contributed by atoms with van der Waals surface area (Å²) in [6, 6.07) is 16.4. The average Bonchev–Trinajstić information content (AvgIpc) is 3.47. The molecule has 1 amide bonds. The molecule has 1 fully saturated rings. The number of aromatic amines is 1. The molecule has 140 valence electrons. The van der Waals surface area contributed by atoms with E-state index in [0.29, 0.717) is 24.8 Å². The number of para-hydroxylation sites is 1. The number of hydrogen-bond donors (Lipinski definition) is 2. The molecular weight excluding hydrogens is 336 g/mol. The van der Waals surface area contributed by atoms with Gasteiger partial charge in [0.1, 0.15) is 5.75 Å². The molecule has 4 rings (SSSR count). The van der Waals surface area contributed by atoms with Crippen molar-refractivity contribution in [1.29, 1.82) is 0 Å². The molecule has 4 heteroatoms. The summed E-state index contributed by atoms with van der Waals surface area (Å²) < 4.78 is 5.24. The SMILES string of the molecule is COc1ccc(C(CC(=O)NCCc2c[nH]c3ccccc23)C2CC2)cc1. The molecule has 27 heavy (non-hydrogen) atoms. The standard InChI is InChI=1S/C23H26N2O2/c1-27-19-10-8-17(9-11-19)21(16-6-7-16)14-23(26)24-13-12-18-15-25-22-5-3-2-4-20(18)22/h2-5,8-11,15-16,21,25H,6-7,12-14H2,1H3,(H,24,26). The van der Waals surface area contributed by atoms with Crippen molar-refractivity contribution >= 4 is 16.8 Å². The van der Waals surface area contributed by atoms with Gasteiger partial charge in [-0.1, -0.05) is 30.3 Å². The Bertz CT molecular complexity index is 910. The van der Waals surface area contributed by atoms with E-state index < -0.39 is 0 Å². The van der Waals surface area contributed by atoms with Gasteiger partial charge in [0.2, 0.25) is 5.91 Å². The quantitative estimate of drug-likeness (QED) is 0.623. The number of carbonyl (C=O) groups excluding carboxylic acids is 1. The number of carbonyl (C=O) groups is 1. The molecule has 1 aromatic heterocycles. The molecule has 0 radical (unpaired) electrons. The molecule has 0 spiro atoms. The molecule has 3 aromatic rings. The fourth-order valence-corrected chi connectivity index (χ4v) is 3.85. The van der Waals surface area contributed by atoms with Gasteiger partial charge in [0, 0.05) is 30.1 Å². The van der Waals surface area contributed by atoms with E-state index in [0.717, 1.165) is 17.7 Å². The lowest BCUT2D eigenvalue weighted by atomic mass is 9.90. The molecule has 1 unspecified atom stereocenters. The Morgan fingerprint density at radius 2 is 1.96 bits per heavy atom. The lowest BCUT2D eigenvalue weighted by Gasteiger charge is -2.17. The first kappa shape index (κ1) is 17.7. The van der Waals surface area contributed by atoms with Crippen molar-refractivity contribution in [3.8, 4) is 5.75 Å². The predicted octanol–water partition coefficient (Wildman–Crippen LogP) is 4.42. The Morgan fingerprint density at radius 1 is 1.19 bits per heavy atom. The normalized spacial score (nSPS) is 14.9. The molecule has 1 aliphatic carbocycles. The Kier molecular flexibility index (Phi) is 5.14. The number of methoxy groups -OCH3 is 1. The van der Waals surface area contributed by atoms with E-state index in [1.54, 1.807) is 7.11 Å². The van der Waals surface area contributed by atoms with Crippen LogP contribution in [0.15, 0.2) is 54.7 Å². The van der Waals surface area contributed by atoms with Crippen molar-refractivity contribution in [3.63, 3.8) is 0 Å². The van der Waals surface area contributed by atoms with Crippen LogP contribution in [0.5, 0.6) is 5.75 Å². The summed E-state index contributed by atoms with van der Waals surface area (Å²) >= 11 is 0. The number of ether oxygens (including phenoxy) is 1. The lowest BCUT2D eigenvalue weighted by molar-refractivity contribution is -0.121. The van der Waals surface area contributed by atoms with Crippen LogP contribution in [-0.2, 0) is 11.2 Å². The molecule has 2 aromatic carbocycles. The summed E-state index contributed by atoms with van der Waals surface area (Å²) in [5, 5.41) is 4.35. The highest BCUT2D eigenvalue weighted by Gasteiger charge is 2.33. The summed E-state index contributed by atoms with van der Waals surface area (Å²) in [6.07, 6.45) is 5.89. The number of fused-ring (bicyclic) bond motifs is 1. The zero-order chi connectivity index (χ0) is 18.6. The first-order valence-electron chi connectivity index (χ1n) is 9.70. The van der Waals surface area contributed by atoms with Crippen molar-refractivity contribution < 1.29 is 9.53 Å². The second-order valence-corrected chi connectivity index (χ2v) is 7.38. The molecule has 2 N–H and O–H groups in total. The summed E-state index contributed by atoms with van der Waals surface area (Å²) in [4.78, 5) is 15.8. The number of rotatable bonds is 8. The fraction of sp³-hybridized carbons (Fsp3) is 0.348. The summed E-state index contributed by atoms with van der Waals surface area (Å²) in [7, 11) is 1.68. The minimum atomic E-state index is 0.141. The second-order valence-electron chi connectivity index (χ2n) is 7.38. The molecule has 0 aliphatic heterocycles. The van der Waals surface area contributed by atoms with Gasteiger partial charge < -0.3 is 15.0 Å². The van der Waals surface area contributed by atoms with Crippen LogP contribution in [-0.4, -0.2) is 24.5 Å². The first-order valence-corrected chi connectivity index (χ1v) is 9.70. The third-order valence-corrected chi connectivity index (χ3v) is 5.53. The third kappa shape index (κ3) is 4.16. The maximum Gasteiger partial charge on any atom is 0.220 e. The van der Waals surface area contributed by atoms with Crippen molar-refractivity contribution in [2.45, 2.75) is 31.6 Å². The Hall–Kier alpha value is -2.75. The topological polar surface area (TPSA) is 54.1 Å². The first-order chi connectivity index (χ1) is 13.2. The third-order valence-electron chi connectivity index (χ3n) is 5.53. The van der Waals surface area contributed by atoms with Crippen LogP contribution in [0.25, 0.3) is 10.9 Å². The minimum absolute atomic E-state index is 0.141. The van der Waals surface area contributed by atoms with Gasteiger partial charge in [0.15, 0.2) is 0 Å². The number of aromatic nitrogens is 1. The van der Waals surface area contributed by atoms with Crippen molar-refractivity contribution in [2.24, 2.45) is 5.92 Å². The van der Waals surface area contributed by atoms with Crippen LogP contribution < -0.4 is 10.1 Å². The number of benzene rings is 2. The highest BCUT2D eigenvalue weighted by Crippen LogP contribution is 2.44. The van der Waals surface area contributed by atoms with E-state index >= 15 is 0 Å². The van der Waals surface area contributed by atoms with E-state index in [-0.39, 0.29) is 5.91 Å². The molecule has 1 atom stereocenters. The Morgan fingerprint density at radius 3 is 2.70 bits per heavy atom. The van der Waals surface area contributed by atoms with Gasteiger partial charge in [0.25, 0.3) is 0 Å². The van der Waals surface area contributed by atoms with Gasteiger partial charge in [0.05, 0.1) is 7.11 Å². The average molecular weight is 362 g/mol. The van der Waals surface area contributed by atoms with Crippen LogP contribution in [0.4, 0.5) is 0 Å². The van der Waals surface area contributed by atoms with Crippen molar-refractivity contribution in [2.75, 3.05) is 13.7 Å². The second kappa shape index (κ2) is 7.87. The summed E-state index contributed by atoms with van der Waals surface area (Å²) in [5.41, 5.74) is 3.64.